The Morgan fingerprint density at radius 1 is 1.12 bits per heavy atom. The van der Waals surface area contributed by atoms with Gasteiger partial charge in [-0.1, -0.05) is 12.1 Å². The van der Waals surface area contributed by atoms with Gasteiger partial charge in [-0.05, 0) is 69.9 Å². The lowest BCUT2D eigenvalue weighted by Crippen LogP contribution is -2.20. The maximum atomic E-state index is 5.44. The van der Waals surface area contributed by atoms with Gasteiger partial charge >= 0.3 is 0 Å². The van der Waals surface area contributed by atoms with Gasteiger partial charge in [-0.15, -0.1) is 0 Å². The number of hydrogen-bond acceptors (Lipinski definition) is 2. The quantitative estimate of drug-likeness (QED) is 0.748. The van der Waals surface area contributed by atoms with Crippen molar-refractivity contribution in [2.75, 3.05) is 26.2 Å². The number of benzene rings is 1. The summed E-state index contributed by atoms with van der Waals surface area (Å²) in [7, 11) is 0. The van der Waals surface area contributed by atoms with Crippen LogP contribution < -0.4 is 4.74 Å². The standard InChI is InChI=1S/C15H23NO/c1-2-17-15-9-7-14(8-10-15)6-5-13-16-11-3-4-12-16/h7-10H,2-6,11-13H2,1H3. The van der Waals surface area contributed by atoms with E-state index in [0.29, 0.717) is 0 Å². The van der Waals surface area contributed by atoms with Crippen molar-refractivity contribution < 1.29 is 4.74 Å². The first-order chi connectivity index (χ1) is 8.38. The van der Waals surface area contributed by atoms with E-state index in [0.717, 1.165) is 12.4 Å². The highest BCUT2D eigenvalue weighted by Crippen LogP contribution is 2.14. The highest BCUT2D eigenvalue weighted by molar-refractivity contribution is 5.27. The monoisotopic (exact) mass is 233 g/mol. The van der Waals surface area contributed by atoms with Crippen LogP contribution in [0.15, 0.2) is 24.3 Å². The molecule has 1 fully saturated rings. The highest BCUT2D eigenvalue weighted by Gasteiger charge is 2.10. The van der Waals surface area contributed by atoms with Gasteiger partial charge in [0.15, 0.2) is 0 Å². The molecule has 1 aromatic carbocycles. The van der Waals surface area contributed by atoms with Crippen molar-refractivity contribution in [2.24, 2.45) is 0 Å². The SMILES string of the molecule is CCOc1ccc(CCCN2CCCC2)cc1. The minimum absolute atomic E-state index is 0.744. The van der Waals surface area contributed by atoms with Gasteiger partial charge in [0.25, 0.3) is 0 Å². The molecule has 1 saturated heterocycles. The lowest BCUT2D eigenvalue weighted by Gasteiger charge is -2.14. The molecular weight excluding hydrogens is 210 g/mol. The lowest BCUT2D eigenvalue weighted by molar-refractivity contribution is 0.333. The first-order valence-corrected chi connectivity index (χ1v) is 6.82. The molecule has 2 nitrogen and oxygen atoms in total. The van der Waals surface area contributed by atoms with E-state index >= 15 is 0 Å². The molecule has 0 spiro atoms. The summed E-state index contributed by atoms with van der Waals surface area (Å²) >= 11 is 0. The minimum atomic E-state index is 0.744. The average Bonchev–Trinajstić information content (AvgIpc) is 2.85. The summed E-state index contributed by atoms with van der Waals surface area (Å²) in [4.78, 5) is 2.58. The molecule has 0 amide bonds. The summed E-state index contributed by atoms with van der Waals surface area (Å²) < 4.78 is 5.44. The zero-order valence-corrected chi connectivity index (χ0v) is 10.8. The number of ether oxygens (including phenoxy) is 1. The van der Waals surface area contributed by atoms with E-state index in [1.54, 1.807) is 0 Å². The van der Waals surface area contributed by atoms with Gasteiger partial charge in [0, 0.05) is 0 Å². The first kappa shape index (κ1) is 12.4. The fraction of sp³-hybridized carbons (Fsp3) is 0.600. The number of rotatable bonds is 6. The third kappa shape index (κ3) is 4.04. The van der Waals surface area contributed by atoms with Crippen molar-refractivity contribution in [1.29, 1.82) is 0 Å². The summed E-state index contributed by atoms with van der Waals surface area (Å²) in [5, 5.41) is 0. The van der Waals surface area contributed by atoms with Gasteiger partial charge in [0.05, 0.1) is 6.61 Å². The van der Waals surface area contributed by atoms with E-state index in [1.165, 1.54) is 50.9 Å². The first-order valence-electron chi connectivity index (χ1n) is 6.82. The van der Waals surface area contributed by atoms with Gasteiger partial charge < -0.3 is 9.64 Å². The molecule has 0 atom stereocenters. The van der Waals surface area contributed by atoms with E-state index in [4.69, 9.17) is 4.74 Å². The molecule has 1 aromatic rings. The van der Waals surface area contributed by atoms with Gasteiger partial charge in [0.1, 0.15) is 5.75 Å². The summed E-state index contributed by atoms with van der Waals surface area (Å²) in [6.45, 7) is 6.64. The molecule has 0 unspecified atom stereocenters. The molecule has 1 aliphatic rings. The van der Waals surface area contributed by atoms with Crippen molar-refractivity contribution in [2.45, 2.75) is 32.6 Å². The third-order valence-corrected chi connectivity index (χ3v) is 3.37. The van der Waals surface area contributed by atoms with E-state index < -0.39 is 0 Å². The maximum absolute atomic E-state index is 5.44. The predicted molar refractivity (Wildman–Crippen MR) is 71.6 cm³/mol. The second kappa shape index (κ2) is 6.65. The normalized spacial score (nSPS) is 16.3. The van der Waals surface area contributed by atoms with Crippen LogP contribution >= 0.6 is 0 Å². The van der Waals surface area contributed by atoms with E-state index in [9.17, 15) is 0 Å². The summed E-state index contributed by atoms with van der Waals surface area (Å²) in [6.07, 6.45) is 5.24. The molecule has 2 rings (SSSR count). The van der Waals surface area contributed by atoms with Crippen LogP contribution in [0.3, 0.4) is 0 Å². The summed E-state index contributed by atoms with van der Waals surface area (Å²) in [5.74, 6) is 0.982. The van der Waals surface area contributed by atoms with Crippen LogP contribution in [0.4, 0.5) is 0 Å². The van der Waals surface area contributed by atoms with Crippen molar-refractivity contribution in [1.82, 2.24) is 4.90 Å². The zero-order valence-electron chi connectivity index (χ0n) is 10.8. The molecule has 94 valence electrons. The van der Waals surface area contributed by atoms with Crippen LogP contribution in [-0.4, -0.2) is 31.1 Å². The lowest BCUT2D eigenvalue weighted by atomic mass is 10.1. The predicted octanol–water partition coefficient (Wildman–Crippen LogP) is 3.11. The van der Waals surface area contributed by atoms with Gasteiger partial charge in [-0.2, -0.15) is 0 Å². The summed E-state index contributed by atoms with van der Waals surface area (Å²) in [6, 6.07) is 8.54. The molecular formula is C15H23NO. The molecule has 0 N–H and O–H groups in total. The minimum Gasteiger partial charge on any atom is -0.494 e. The van der Waals surface area contributed by atoms with Crippen LogP contribution in [0, 0.1) is 0 Å². The number of hydrogen-bond donors (Lipinski definition) is 0. The van der Waals surface area contributed by atoms with Gasteiger partial charge in [0.2, 0.25) is 0 Å². The van der Waals surface area contributed by atoms with Gasteiger partial charge in [-0.25, -0.2) is 0 Å². The van der Waals surface area contributed by atoms with Crippen LogP contribution in [-0.2, 0) is 6.42 Å². The second-order valence-electron chi connectivity index (χ2n) is 4.73. The van der Waals surface area contributed by atoms with Crippen LogP contribution in [0.1, 0.15) is 31.7 Å². The molecule has 0 bridgehead atoms. The molecule has 0 aliphatic carbocycles. The molecule has 1 heterocycles. The topological polar surface area (TPSA) is 12.5 Å². The Morgan fingerprint density at radius 3 is 2.47 bits per heavy atom. The fourth-order valence-corrected chi connectivity index (χ4v) is 2.43. The number of nitrogens with zero attached hydrogens (tertiary/aromatic N) is 1. The van der Waals surface area contributed by atoms with Crippen molar-refractivity contribution in [3.05, 3.63) is 29.8 Å². The van der Waals surface area contributed by atoms with E-state index in [2.05, 4.69) is 29.2 Å². The smallest absolute Gasteiger partial charge is 0.119 e. The van der Waals surface area contributed by atoms with Crippen molar-refractivity contribution >= 4 is 0 Å². The molecule has 17 heavy (non-hydrogen) atoms. The van der Waals surface area contributed by atoms with Crippen LogP contribution in [0.25, 0.3) is 0 Å². The molecule has 2 heteroatoms. The Morgan fingerprint density at radius 2 is 1.82 bits per heavy atom. The molecule has 1 aliphatic heterocycles. The fourth-order valence-electron chi connectivity index (χ4n) is 2.43. The second-order valence-corrected chi connectivity index (χ2v) is 4.73. The van der Waals surface area contributed by atoms with E-state index in [1.807, 2.05) is 6.92 Å². The highest BCUT2D eigenvalue weighted by atomic mass is 16.5. The maximum Gasteiger partial charge on any atom is 0.119 e. The third-order valence-electron chi connectivity index (χ3n) is 3.37. The Hall–Kier alpha value is -1.02. The Bertz CT molecular complexity index is 314. The molecule has 0 aromatic heterocycles. The Balaban J connectivity index is 1.70. The van der Waals surface area contributed by atoms with Crippen molar-refractivity contribution in [3.63, 3.8) is 0 Å². The van der Waals surface area contributed by atoms with Crippen LogP contribution in [0.2, 0.25) is 0 Å². The zero-order chi connectivity index (χ0) is 11.9. The largest absolute Gasteiger partial charge is 0.494 e. The average molecular weight is 233 g/mol. The van der Waals surface area contributed by atoms with Crippen LogP contribution in [0.5, 0.6) is 5.75 Å². The molecule has 0 saturated carbocycles. The Labute approximate surface area is 105 Å². The van der Waals surface area contributed by atoms with Gasteiger partial charge in [-0.3, -0.25) is 0 Å². The van der Waals surface area contributed by atoms with Crippen molar-refractivity contribution in [3.8, 4) is 5.75 Å². The molecule has 0 radical (unpaired) electrons. The Kier molecular flexibility index (Phi) is 4.87. The van der Waals surface area contributed by atoms with E-state index in [-0.39, 0.29) is 0 Å². The number of likely N-dealkylation sites (tertiary alicyclic amines) is 1. The summed E-state index contributed by atoms with van der Waals surface area (Å²) in [5.41, 5.74) is 1.42. The number of aryl methyl sites for hydroxylation is 1.